The van der Waals surface area contributed by atoms with Crippen LogP contribution >= 0.6 is 0 Å². The number of cyclic esters (lactones) is 1. The molecule has 3 heterocycles. The van der Waals surface area contributed by atoms with Crippen molar-refractivity contribution in [1.82, 2.24) is 4.90 Å². The van der Waals surface area contributed by atoms with Gasteiger partial charge in [-0.25, -0.2) is 4.79 Å². The molecule has 1 unspecified atom stereocenters. The molecule has 14 heteroatoms. The number of hydrogen-bond donors (Lipinski definition) is 3. The summed E-state index contributed by atoms with van der Waals surface area (Å²) in [7, 11) is 4.52. The SMILES string of the molecule is CO[C@H]1C[C@@H]2CC[C@@H](C)[C@@](O)(O2)C(=O)C(=O)N2CCCC[C@H]2C(=O)O[C@H]([C@H](C)CC2CC[C@@H](O)[C@H](OC)C2)CC(=O)[C@H](C)/C=C(\C)[C@@H](O)[C@H](OC)C(=O)[C@H](C)C[C@H](C)/C=C/C=CC=C1C. The van der Waals surface area contributed by atoms with Gasteiger partial charge in [0.05, 0.1) is 24.4 Å². The highest BCUT2D eigenvalue weighted by Crippen LogP contribution is 2.38. The average molecular weight is 914 g/mol. The molecule has 0 spiro atoms. The highest BCUT2D eigenvalue weighted by atomic mass is 16.6. The number of Topliss-reactive ketones (excluding diaryl/α,β-unsaturated/α-hetero) is 3. The summed E-state index contributed by atoms with van der Waals surface area (Å²) in [6.45, 7) is 12.7. The normalized spacial score (nSPS) is 39.1. The largest absolute Gasteiger partial charge is 0.460 e. The Balaban J connectivity index is 1.70. The summed E-state index contributed by atoms with van der Waals surface area (Å²) < 4.78 is 29.4. The minimum absolute atomic E-state index is 0.0193. The van der Waals surface area contributed by atoms with E-state index >= 15 is 0 Å². The van der Waals surface area contributed by atoms with E-state index in [9.17, 15) is 39.3 Å². The molecule has 0 radical (unpaired) electrons. The number of carbonyl (C=O) groups excluding carboxylic acids is 5. The molecule has 4 aliphatic rings. The van der Waals surface area contributed by atoms with Crippen molar-refractivity contribution in [2.24, 2.45) is 35.5 Å². The van der Waals surface area contributed by atoms with E-state index in [0.29, 0.717) is 63.4 Å². The lowest BCUT2D eigenvalue weighted by Crippen LogP contribution is -2.61. The van der Waals surface area contributed by atoms with E-state index in [-0.39, 0.29) is 54.8 Å². The molecule has 3 aliphatic heterocycles. The van der Waals surface area contributed by atoms with Crippen molar-refractivity contribution in [3.63, 3.8) is 0 Å². The lowest BCUT2D eigenvalue weighted by molar-refractivity contribution is -0.265. The maximum atomic E-state index is 14.4. The summed E-state index contributed by atoms with van der Waals surface area (Å²) in [6.07, 6.45) is 11.2. The maximum Gasteiger partial charge on any atom is 0.329 e. The molecule has 0 aromatic heterocycles. The van der Waals surface area contributed by atoms with E-state index in [1.807, 2.05) is 58.1 Å². The second kappa shape index (κ2) is 25.1. The van der Waals surface area contributed by atoms with E-state index in [0.717, 1.165) is 12.0 Å². The standard InChI is InChI=1S/C51H79NO13/c1-30-16-12-11-13-17-31(2)42(61-8)28-38-21-19-36(7)51(60,65-38)48(57)49(58)52-23-15-14-18-39(52)50(59)64-43(33(4)26-37-20-22-40(53)44(27-37)62-9)29-41(54)32(3)25-35(6)46(56)47(63-10)45(55)34(5)24-30/h11-13,16-17,25,30,32-34,36-40,42-44,46-47,53,56,60H,14-15,18-24,26-29H2,1-10H3/b13-11?,16-12+,31-17?,35-25+/t30-,32-,33-,34-,36-,37?,38+,39+,40-,42+,43+,44-,46-,47-,51-/m1/s1. The van der Waals surface area contributed by atoms with Crippen molar-refractivity contribution in [2.45, 2.75) is 180 Å². The van der Waals surface area contributed by atoms with E-state index in [2.05, 4.69) is 0 Å². The molecular formula is C51H79NO13. The molecule has 65 heavy (non-hydrogen) atoms. The van der Waals surface area contributed by atoms with Crippen molar-refractivity contribution in [1.29, 1.82) is 0 Å². The van der Waals surface area contributed by atoms with Crippen LogP contribution in [-0.2, 0) is 47.7 Å². The first-order chi connectivity index (χ1) is 30.7. The number of aliphatic hydroxyl groups excluding tert-OH is 2. The molecule has 1 saturated carbocycles. The van der Waals surface area contributed by atoms with Crippen LogP contribution in [0.2, 0.25) is 0 Å². The van der Waals surface area contributed by atoms with Crippen LogP contribution in [0, 0.1) is 35.5 Å². The quantitative estimate of drug-likeness (QED) is 0.156. The van der Waals surface area contributed by atoms with Crippen LogP contribution in [-0.4, -0.2) is 132 Å². The van der Waals surface area contributed by atoms with Gasteiger partial charge in [0.25, 0.3) is 11.7 Å². The summed E-state index contributed by atoms with van der Waals surface area (Å²) in [5, 5.41) is 33.8. The number of nitrogens with zero attached hydrogens (tertiary/aromatic N) is 1. The number of amides is 1. The fraction of sp³-hybridized carbons (Fsp3) is 0.745. The third-order valence-electron chi connectivity index (χ3n) is 14.5. The second-order valence-corrected chi connectivity index (χ2v) is 19.6. The molecule has 15 atom stereocenters. The predicted octanol–water partition coefficient (Wildman–Crippen LogP) is 6.18. The Hall–Kier alpha value is -3.37. The van der Waals surface area contributed by atoms with Gasteiger partial charge in [0.2, 0.25) is 5.79 Å². The van der Waals surface area contributed by atoms with Crippen molar-refractivity contribution in [3.05, 3.63) is 47.6 Å². The molecule has 1 amide bonds. The minimum atomic E-state index is -2.43. The summed E-state index contributed by atoms with van der Waals surface area (Å²) in [5.74, 6) is -7.96. The Morgan fingerprint density at radius 3 is 2.25 bits per heavy atom. The van der Waals surface area contributed by atoms with Gasteiger partial charge >= 0.3 is 5.97 Å². The summed E-state index contributed by atoms with van der Waals surface area (Å²) in [4.78, 5) is 71.8. The van der Waals surface area contributed by atoms with Crippen molar-refractivity contribution < 1.29 is 63.0 Å². The zero-order valence-corrected chi connectivity index (χ0v) is 40.6. The number of fused-ring (bicyclic) bond motifs is 3. The topological polar surface area (TPSA) is 195 Å². The number of esters is 1. The Bertz CT molecular complexity index is 1760. The number of carbonyl (C=O) groups is 5. The second-order valence-electron chi connectivity index (χ2n) is 19.6. The van der Waals surface area contributed by atoms with E-state index in [1.165, 1.54) is 12.0 Å². The molecule has 2 bridgehead atoms. The fourth-order valence-corrected chi connectivity index (χ4v) is 10.1. The number of piperidine rings is 1. The van der Waals surface area contributed by atoms with Gasteiger partial charge in [-0.1, -0.05) is 71.1 Å². The molecular weight excluding hydrogens is 835 g/mol. The van der Waals surface area contributed by atoms with Crippen molar-refractivity contribution >= 4 is 29.2 Å². The van der Waals surface area contributed by atoms with Gasteiger partial charge in [-0.3, -0.25) is 19.2 Å². The third-order valence-corrected chi connectivity index (χ3v) is 14.5. The molecule has 4 rings (SSSR count). The van der Waals surface area contributed by atoms with Gasteiger partial charge in [0.15, 0.2) is 5.78 Å². The van der Waals surface area contributed by atoms with Crippen LogP contribution in [0.1, 0.15) is 126 Å². The van der Waals surface area contributed by atoms with Crippen LogP contribution in [0.4, 0.5) is 0 Å². The third kappa shape index (κ3) is 14.3. The Labute approximate surface area is 387 Å². The highest BCUT2D eigenvalue weighted by Gasteiger charge is 2.53. The molecule has 3 fully saturated rings. The average Bonchev–Trinajstić information content (AvgIpc) is 3.28. The number of hydrogen-bond acceptors (Lipinski definition) is 13. The van der Waals surface area contributed by atoms with E-state index in [4.69, 9.17) is 23.7 Å². The predicted molar refractivity (Wildman–Crippen MR) is 245 cm³/mol. The van der Waals surface area contributed by atoms with Crippen LogP contribution in [0.15, 0.2) is 47.6 Å². The van der Waals surface area contributed by atoms with Crippen LogP contribution < -0.4 is 0 Å². The lowest BCUT2D eigenvalue weighted by Gasteiger charge is -2.42. The number of ether oxygens (including phenoxy) is 5. The van der Waals surface area contributed by atoms with Crippen molar-refractivity contribution in [2.75, 3.05) is 27.9 Å². The Morgan fingerprint density at radius 1 is 0.846 bits per heavy atom. The molecule has 2 saturated heterocycles. The fourth-order valence-electron chi connectivity index (χ4n) is 10.1. The summed E-state index contributed by atoms with van der Waals surface area (Å²) >= 11 is 0. The lowest BCUT2D eigenvalue weighted by atomic mass is 9.78. The summed E-state index contributed by atoms with van der Waals surface area (Å²) in [5.41, 5.74) is 1.27. The number of ketones is 3. The minimum Gasteiger partial charge on any atom is -0.460 e. The van der Waals surface area contributed by atoms with Crippen LogP contribution in [0.5, 0.6) is 0 Å². The zero-order valence-electron chi connectivity index (χ0n) is 40.6. The molecule has 0 aromatic carbocycles. The van der Waals surface area contributed by atoms with Gasteiger partial charge in [0.1, 0.15) is 30.1 Å². The molecule has 3 N–H and O–H groups in total. The van der Waals surface area contributed by atoms with Gasteiger partial charge in [-0.05, 0) is 107 Å². The Kier molecular flexibility index (Phi) is 21.0. The van der Waals surface area contributed by atoms with Gasteiger partial charge in [0, 0.05) is 58.5 Å². The maximum absolute atomic E-state index is 14.4. The van der Waals surface area contributed by atoms with Crippen LogP contribution in [0.3, 0.4) is 0 Å². The molecule has 1 aliphatic carbocycles. The zero-order chi connectivity index (χ0) is 48.2. The smallest absolute Gasteiger partial charge is 0.329 e. The van der Waals surface area contributed by atoms with Gasteiger partial charge in [-0.15, -0.1) is 0 Å². The number of allylic oxidation sites excluding steroid dienone is 6. The first-order valence-corrected chi connectivity index (χ1v) is 23.9. The van der Waals surface area contributed by atoms with Gasteiger partial charge in [-0.2, -0.15) is 0 Å². The number of aliphatic hydroxyl groups is 3. The molecule has 0 aromatic rings. The van der Waals surface area contributed by atoms with Crippen molar-refractivity contribution in [3.8, 4) is 0 Å². The Morgan fingerprint density at radius 2 is 1.57 bits per heavy atom. The first-order valence-electron chi connectivity index (χ1n) is 23.9. The summed E-state index contributed by atoms with van der Waals surface area (Å²) in [6, 6.07) is -1.14. The molecule has 366 valence electrons. The molecule has 14 nitrogen and oxygen atoms in total. The van der Waals surface area contributed by atoms with E-state index < -0.39 is 83.9 Å². The van der Waals surface area contributed by atoms with Crippen LogP contribution in [0.25, 0.3) is 0 Å². The number of rotatable bonds is 6. The highest BCUT2D eigenvalue weighted by molar-refractivity contribution is 6.39. The first kappa shape index (κ1) is 54.2. The number of methoxy groups -OCH3 is 3. The van der Waals surface area contributed by atoms with Gasteiger partial charge < -0.3 is 43.9 Å². The monoisotopic (exact) mass is 914 g/mol. The van der Waals surface area contributed by atoms with E-state index in [1.54, 1.807) is 41.1 Å².